The van der Waals surface area contributed by atoms with Crippen LogP contribution in [0.1, 0.15) is 42.9 Å². The van der Waals surface area contributed by atoms with Crippen LogP contribution in [-0.2, 0) is 11.2 Å². The maximum absolute atomic E-state index is 11.8. The summed E-state index contributed by atoms with van der Waals surface area (Å²) in [7, 11) is 0. The second kappa shape index (κ2) is 9.11. The van der Waals surface area contributed by atoms with E-state index in [1.807, 2.05) is 31.2 Å². The van der Waals surface area contributed by atoms with Crippen molar-refractivity contribution < 1.29 is 9.53 Å². The summed E-state index contributed by atoms with van der Waals surface area (Å²) in [5.74, 6) is 1.25. The van der Waals surface area contributed by atoms with Crippen molar-refractivity contribution in [2.24, 2.45) is 0 Å². The second-order valence-corrected chi connectivity index (χ2v) is 6.40. The first-order valence-electron chi connectivity index (χ1n) is 8.60. The van der Waals surface area contributed by atoms with E-state index in [0.717, 1.165) is 24.2 Å². The van der Waals surface area contributed by atoms with Gasteiger partial charge < -0.3 is 10.1 Å². The Bertz CT molecular complexity index is 647. The first-order valence-corrected chi connectivity index (χ1v) is 8.60. The molecule has 3 heteroatoms. The highest BCUT2D eigenvalue weighted by molar-refractivity contribution is 5.77. The summed E-state index contributed by atoms with van der Waals surface area (Å²) in [5.41, 5.74) is 3.71. The predicted octanol–water partition coefficient (Wildman–Crippen LogP) is 4.25. The Morgan fingerprint density at radius 1 is 1.08 bits per heavy atom. The number of carbonyl (C=O) groups excluding carboxylic acids is 1. The first kappa shape index (κ1) is 18.1. The Kier molecular flexibility index (Phi) is 6.86. The SMILES string of the molecule is Cc1ccccc1OCC(=O)NCCCc1ccc(C(C)C)cc1. The molecule has 2 aromatic rings. The van der Waals surface area contributed by atoms with Gasteiger partial charge in [0.05, 0.1) is 0 Å². The molecule has 0 atom stereocenters. The average molecular weight is 325 g/mol. The Morgan fingerprint density at radius 3 is 2.46 bits per heavy atom. The number of ether oxygens (including phenoxy) is 1. The summed E-state index contributed by atoms with van der Waals surface area (Å²) < 4.78 is 5.54. The lowest BCUT2D eigenvalue weighted by molar-refractivity contribution is -0.123. The number of rotatable bonds is 8. The van der Waals surface area contributed by atoms with E-state index in [0.29, 0.717) is 12.5 Å². The van der Waals surface area contributed by atoms with E-state index >= 15 is 0 Å². The minimum Gasteiger partial charge on any atom is -0.484 e. The molecule has 0 aliphatic rings. The van der Waals surface area contributed by atoms with Crippen LogP contribution in [0.5, 0.6) is 5.75 Å². The van der Waals surface area contributed by atoms with Gasteiger partial charge in [0, 0.05) is 6.54 Å². The zero-order chi connectivity index (χ0) is 17.4. The van der Waals surface area contributed by atoms with Crippen LogP contribution in [0.3, 0.4) is 0 Å². The van der Waals surface area contributed by atoms with Crippen molar-refractivity contribution in [2.45, 2.75) is 39.5 Å². The van der Waals surface area contributed by atoms with Crippen LogP contribution in [0.2, 0.25) is 0 Å². The Labute approximate surface area is 145 Å². The van der Waals surface area contributed by atoms with Crippen molar-refractivity contribution in [1.82, 2.24) is 5.32 Å². The topological polar surface area (TPSA) is 38.3 Å². The molecule has 0 saturated carbocycles. The van der Waals surface area contributed by atoms with Crippen LogP contribution in [0.25, 0.3) is 0 Å². The summed E-state index contributed by atoms with van der Waals surface area (Å²) in [6.45, 7) is 7.10. The number of hydrogen-bond acceptors (Lipinski definition) is 2. The van der Waals surface area contributed by atoms with Gasteiger partial charge in [0.25, 0.3) is 5.91 Å². The lowest BCUT2D eigenvalue weighted by atomic mass is 10.0. The lowest BCUT2D eigenvalue weighted by Gasteiger charge is -2.10. The van der Waals surface area contributed by atoms with Gasteiger partial charge in [-0.25, -0.2) is 0 Å². The Morgan fingerprint density at radius 2 is 1.79 bits per heavy atom. The van der Waals surface area contributed by atoms with Crippen molar-refractivity contribution in [1.29, 1.82) is 0 Å². The third kappa shape index (κ3) is 5.73. The summed E-state index contributed by atoms with van der Waals surface area (Å²) in [6, 6.07) is 16.4. The van der Waals surface area contributed by atoms with Crippen LogP contribution in [0, 0.1) is 6.92 Å². The van der Waals surface area contributed by atoms with Gasteiger partial charge >= 0.3 is 0 Å². The summed E-state index contributed by atoms with van der Waals surface area (Å²) in [5, 5.41) is 2.91. The highest BCUT2D eigenvalue weighted by atomic mass is 16.5. The van der Waals surface area contributed by atoms with Crippen molar-refractivity contribution in [3.8, 4) is 5.75 Å². The van der Waals surface area contributed by atoms with E-state index in [2.05, 4.69) is 43.4 Å². The van der Waals surface area contributed by atoms with Crippen LogP contribution in [-0.4, -0.2) is 19.1 Å². The number of hydrogen-bond donors (Lipinski definition) is 1. The molecule has 1 amide bonds. The second-order valence-electron chi connectivity index (χ2n) is 6.40. The van der Waals surface area contributed by atoms with Crippen molar-refractivity contribution >= 4 is 5.91 Å². The Balaban J connectivity index is 1.65. The molecule has 2 aromatic carbocycles. The smallest absolute Gasteiger partial charge is 0.257 e. The molecule has 0 unspecified atom stereocenters. The molecule has 24 heavy (non-hydrogen) atoms. The molecule has 128 valence electrons. The zero-order valence-corrected chi connectivity index (χ0v) is 14.8. The molecule has 0 aliphatic carbocycles. The molecule has 2 rings (SSSR count). The van der Waals surface area contributed by atoms with Gasteiger partial charge in [-0.1, -0.05) is 56.3 Å². The van der Waals surface area contributed by atoms with Crippen molar-refractivity contribution in [3.63, 3.8) is 0 Å². The highest BCUT2D eigenvalue weighted by Crippen LogP contribution is 2.16. The van der Waals surface area contributed by atoms with Gasteiger partial charge in [-0.2, -0.15) is 0 Å². The molecule has 0 heterocycles. The first-order chi connectivity index (χ1) is 11.6. The summed E-state index contributed by atoms with van der Waals surface area (Å²) in [4.78, 5) is 11.8. The Hall–Kier alpha value is -2.29. The van der Waals surface area contributed by atoms with Gasteiger partial charge in [-0.15, -0.1) is 0 Å². The van der Waals surface area contributed by atoms with Gasteiger partial charge in [0.2, 0.25) is 0 Å². The molecule has 0 saturated heterocycles. The van der Waals surface area contributed by atoms with E-state index in [1.54, 1.807) is 0 Å². The van der Waals surface area contributed by atoms with E-state index < -0.39 is 0 Å². The van der Waals surface area contributed by atoms with Crippen LogP contribution < -0.4 is 10.1 Å². The number of benzene rings is 2. The molecule has 0 bridgehead atoms. The largest absolute Gasteiger partial charge is 0.484 e. The quantitative estimate of drug-likeness (QED) is 0.737. The molecule has 3 nitrogen and oxygen atoms in total. The molecular weight excluding hydrogens is 298 g/mol. The van der Waals surface area contributed by atoms with Gasteiger partial charge in [0.15, 0.2) is 6.61 Å². The fraction of sp³-hybridized carbons (Fsp3) is 0.381. The zero-order valence-electron chi connectivity index (χ0n) is 14.8. The molecular formula is C21H27NO2. The van der Waals surface area contributed by atoms with Crippen molar-refractivity contribution in [2.75, 3.05) is 13.2 Å². The molecule has 1 N–H and O–H groups in total. The summed E-state index contributed by atoms with van der Waals surface area (Å²) in [6.07, 6.45) is 1.90. The molecule has 0 aromatic heterocycles. The van der Waals surface area contributed by atoms with Gasteiger partial charge in [-0.05, 0) is 48.4 Å². The average Bonchev–Trinajstić information content (AvgIpc) is 2.58. The normalized spacial score (nSPS) is 10.7. The minimum atomic E-state index is -0.0755. The van der Waals surface area contributed by atoms with Gasteiger partial charge in [0.1, 0.15) is 5.75 Å². The van der Waals surface area contributed by atoms with E-state index in [4.69, 9.17) is 4.74 Å². The van der Waals surface area contributed by atoms with Gasteiger partial charge in [-0.3, -0.25) is 4.79 Å². The summed E-state index contributed by atoms with van der Waals surface area (Å²) >= 11 is 0. The fourth-order valence-electron chi connectivity index (χ4n) is 2.50. The monoisotopic (exact) mass is 325 g/mol. The standard InChI is InChI=1S/C21H27NO2/c1-16(2)19-12-10-18(11-13-19)8-6-14-22-21(23)15-24-20-9-5-4-7-17(20)3/h4-5,7,9-13,16H,6,8,14-15H2,1-3H3,(H,22,23). The number of aryl methyl sites for hydroxylation is 2. The maximum Gasteiger partial charge on any atom is 0.257 e. The van der Waals surface area contributed by atoms with Crippen LogP contribution >= 0.6 is 0 Å². The number of carbonyl (C=O) groups is 1. The molecule has 0 fully saturated rings. The number of amides is 1. The fourth-order valence-corrected chi connectivity index (χ4v) is 2.50. The lowest BCUT2D eigenvalue weighted by Crippen LogP contribution is -2.30. The minimum absolute atomic E-state index is 0.0634. The maximum atomic E-state index is 11.8. The number of nitrogens with one attached hydrogen (secondary N) is 1. The van der Waals surface area contributed by atoms with Crippen molar-refractivity contribution in [3.05, 3.63) is 65.2 Å². The number of para-hydroxylation sites is 1. The third-order valence-electron chi connectivity index (χ3n) is 4.06. The van der Waals surface area contributed by atoms with E-state index in [-0.39, 0.29) is 12.5 Å². The molecule has 0 aliphatic heterocycles. The molecule has 0 radical (unpaired) electrons. The van der Waals surface area contributed by atoms with Crippen LogP contribution in [0.15, 0.2) is 48.5 Å². The highest BCUT2D eigenvalue weighted by Gasteiger charge is 2.04. The van der Waals surface area contributed by atoms with E-state index in [9.17, 15) is 4.79 Å². The molecule has 0 spiro atoms. The predicted molar refractivity (Wildman–Crippen MR) is 98.5 cm³/mol. The van der Waals surface area contributed by atoms with Crippen LogP contribution in [0.4, 0.5) is 0 Å². The van der Waals surface area contributed by atoms with E-state index in [1.165, 1.54) is 11.1 Å². The third-order valence-corrected chi connectivity index (χ3v) is 4.06.